The molecule has 1 aromatic carbocycles. The molecule has 0 aromatic heterocycles. The fraction of sp³-hybridized carbons (Fsp3) is 0.462. The van der Waals surface area contributed by atoms with Crippen LogP contribution in [-0.4, -0.2) is 44.9 Å². The lowest BCUT2D eigenvalue weighted by atomic mass is 10.2. The van der Waals surface area contributed by atoms with E-state index in [1.807, 2.05) is 0 Å². The van der Waals surface area contributed by atoms with E-state index >= 15 is 0 Å². The Morgan fingerprint density at radius 2 is 1.95 bits per heavy atom. The van der Waals surface area contributed by atoms with Crippen molar-refractivity contribution in [2.75, 3.05) is 26.2 Å². The van der Waals surface area contributed by atoms with Crippen molar-refractivity contribution in [3.63, 3.8) is 0 Å². The van der Waals surface area contributed by atoms with E-state index in [0.717, 1.165) is 21.3 Å². The molecule has 1 aliphatic rings. The first-order chi connectivity index (χ1) is 9.86. The first-order valence-electron chi connectivity index (χ1n) is 6.55. The number of benzene rings is 1. The smallest absolute Gasteiger partial charge is 0.246 e. The molecule has 1 heterocycles. The van der Waals surface area contributed by atoms with Gasteiger partial charge < -0.3 is 4.90 Å². The standard InChI is InChI=1S/C13H15F2N3O2S/c1-10(9-16)17-4-6-18(7-5-17)21(19,20)13-8-11(14)2-3-12(13)15/h2-3,8,10H,4-7H2,1H3/p+1/t10-/m1/s1. The van der Waals surface area contributed by atoms with E-state index in [9.17, 15) is 17.2 Å². The van der Waals surface area contributed by atoms with Gasteiger partial charge in [0, 0.05) is 6.92 Å². The van der Waals surface area contributed by atoms with E-state index in [1.54, 1.807) is 6.92 Å². The number of hydrogen-bond acceptors (Lipinski definition) is 3. The molecule has 1 atom stereocenters. The molecule has 5 nitrogen and oxygen atoms in total. The third-order valence-corrected chi connectivity index (χ3v) is 5.60. The monoisotopic (exact) mass is 316 g/mol. The number of piperazine rings is 1. The summed E-state index contributed by atoms with van der Waals surface area (Å²) in [7, 11) is -4.05. The summed E-state index contributed by atoms with van der Waals surface area (Å²) < 4.78 is 52.7. The fourth-order valence-corrected chi connectivity index (χ4v) is 3.87. The molecule has 8 heteroatoms. The normalized spacial score (nSPS) is 19.1. The minimum absolute atomic E-state index is 0.180. The molecule has 0 spiro atoms. The van der Waals surface area contributed by atoms with E-state index in [0.29, 0.717) is 19.2 Å². The van der Waals surface area contributed by atoms with Crippen LogP contribution in [0.4, 0.5) is 8.78 Å². The van der Waals surface area contributed by atoms with Crippen LogP contribution in [-0.2, 0) is 10.0 Å². The van der Waals surface area contributed by atoms with E-state index in [1.165, 1.54) is 0 Å². The van der Waals surface area contributed by atoms with E-state index in [-0.39, 0.29) is 19.1 Å². The van der Waals surface area contributed by atoms with Gasteiger partial charge in [0.1, 0.15) is 22.6 Å². The van der Waals surface area contributed by atoms with Crippen molar-refractivity contribution in [2.45, 2.75) is 17.9 Å². The maximum absolute atomic E-state index is 13.7. The number of quaternary nitrogens is 1. The summed E-state index contributed by atoms with van der Waals surface area (Å²) in [6, 6.07) is 4.28. The Morgan fingerprint density at radius 3 is 2.52 bits per heavy atom. The lowest BCUT2D eigenvalue weighted by Gasteiger charge is -2.32. The van der Waals surface area contributed by atoms with Gasteiger partial charge in [-0.25, -0.2) is 17.2 Å². The summed E-state index contributed by atoms with van der Waals surface area (Å²) >= 11 is 0. The average molecular weight is 316 g/mol. The summed E-state index contributed by atoms with van der Waals surface area (Å²) in [6.45, 7) is 3.06. The second kappa shape index (κ2) is 6.05. The molecule has 2 rings (SSSR count). The Balaban J connectivity index is 2.19. The molecule has 1 aliphatic heterocycles. The second-order valence-electron chi connectivity index (χ2n) is 4.99. The molecule has 0 aliphatic carbocycles. The Hall–Kier alpha value is -1.56. The number of halogens is 2. The first kappa shape index (κ1) is 15.8. The summed E-state index contributed by atoms with van der Waals surface area (Å²) in [5.41, 5.74) is 0. The average Bonchev–Trinajstić information content (AvgIpc) is 2.49. The molecule has 1 N–H and O–H groups in total. The van der Waals surface area contributed by atoms with Crippen LogP contribution in [0.1, 0.15) is 6.92 Å². The van der Waals surface area contributed by atoms with Crippen molar-refractivity contribution in [3.8, 4) is 6.07 Å². The predicted molar refractivity (Wildman–Crippen MR) is 70.9 cm³/mol. The number of rotatable bonds is 3. The summed E-state index contributed by atoms with van der Waals surface area (Å²) in [6.07, 6.45) is 0. The SMILES string of the molecule is C[C@H](C#N)[NH+]1CCN(S(=O)(=O)c2cc(F)ccc2F)CC1. The predicted octanol–water partition coefficient (Wildman–Crippen LogP) is -0.234. The van der Waals surface area contributed by atoms with Gasteiger partial charge in [-0.1, -0.05) is 0 Å². The number of hydrogen-bond donors (Lipinski definition) is 1. The summed E-state index contributed by atoms with van der Waals surface area (Å²) in [5, 5.41) is 8.86. The first-order valence-corrected chi connectivity index (χ1v) is 7.99. The van der Waals surface area contributed by atoms with Gasteiger partial charge in [-0.2, -0.15) is 9.57 Å². The molecule has 0 amide bonds. The zero-order valence-corrected chi connectivity index (χ0v) is 12.3. The lowest BCUT2D eigenvalue weighted by molar-refractivity contribution is -0.918. The second-order valence-corrected chi connectivity index (χ2v) is 6.89. The molecule has 0 radical (unpaired) electrons. The van der Waals surface area contributed by atoms with Gasteiger partial charge in [-0.3, -0.25) is 0 Å². The maximum Gasteiger partial charge on any atom is 0.246 e. The number of nitriles is 1. The molecule has 0 bridgehead atoms. The van der Waals surface area contributed by atoms with Crippen LogP contribution in [0.3, 0.4) is 0 Å². The van der Waals surface area contributed by atoms with Gasteiger partial charge in [0.15, 0.2) is 6.04 Å². The van der Waals surface area contributed by atoms with Gasteiger partial charge in [-0.15, -0.1) is 0 Å². The molecule has 0 saturated carbocycles. The third kappa shape index (κ3) is 3.20. The van der Waals surface area contributed by atoms with E-state index in [2.05, 4.69) is 6.07 Å². The van der Waals surface area contributed by atoms with Crippen LogP contribution in [0.5, 0.6) is 0 Å². The van der Waals surface area contributed by atoms with Crippen LogP contribution in [0.15, 0.2) is 23.1 Å². The Bertz CT molecular complexity index is 664. The van der Waals surface area contributed by atoms with Crippen molar-refractivity contribution in [2.24, 2.45) is 0 Å². The zero-order chi connectivity index (χ0) is 15.6. The van der Waals surface area contributed by atoms with Crippen LogP contribution in [0.25, 0.3) is 0 Å². The molecule has 21 heavy (non-hydrogen) atoms. The van der Waals surface area contributed by atoms with Crippen molar-refractivity contribution >= 4 is 10.0 Å². The highest BCUT2D eigenvalue weighted by molar-refractivity contribution is 7.89. The van der Waals surface area contributed by atoms with Crippen LogP contribution in [0, 0.1) is 23.0 Å². The van der Waals surface area contributed by atoms with Crippen molar-refractivity contribution in [3.05, 3.63) is 29.8 Å². The van der Waals surface area contributed by atoms with Gasteiger partial charge in [0.05, 0.1) is 26.2 Å². The molecule has 0 unspecified atom stereocenters. The van der Waals surface area contributed by atoms with Crippen LogP contribution >= 0.6 is 0 Å². The topological polar surface area (TPSA) is 65.6 Å². The van der Waals surface area contributed by atoms with E-state index < -0.39 is 26.6 Å². The number of nitrogens with one attached hydrogen (secondary N) is 1. The highest BCUT2D eigenvalue weighted by atomic mass is 32.2. The van der Waals surface area contributed by atoms with Crippen molar-refractivity contribution < 1.29 is 22.1 Å². The highest BCUT2D eigenvalue weighted by Crippen LogP contribution is 2.20. The Labute approximate surface area is 122 Å². The largest absolute Gasteiger partial charge is 0.319 e. The third-order valence-electron chi connectivity index (χ3n) is 3.68. The zero-order valence-electron chi connectivity index (χ0n) is 11.5. The fourth-order valence-electron chi connectivity index (χ4n) is 2.35. The lowest BCUT2D eigenvalue weighted by Crippen LogP contribution is -3.17. The molecule has 114 valence electrons. The maximum atomic E-state index is 13.7. The molecule has 1 aromatic rings. The van der Waals surface area contributed by atoms with E-state index in [4.69, 9.17) is 5.26 Å². The van der Waals surface area contributed by atoms with Gasteiger partial charge in [-0.05, 0) is 18.2 Å². The molecular formula is C13H16F2N3O2S+. The number of sulfonamides is 1. The van der Waals surface area contributed by atoms with Crippen molar-refractivity contribution in [1.29, 1.82) is 5.26 Å². The van der Waals surface area contributed by atoms with Crippen LogP contribution in [0.2, 0.25) is 0 Å². The minimum atomic E-state index is -4.05. The van der Waals surface area contributed by atoms with Crippen molar-refractivity contribution in [1.82, 2.24) is 4.31 Å². The minimum Gasteiger partial charge on any atom is -0.319 e. The molecule has 1 saturated heterocycles. The van der Waals surface area contributed by atoms with Gasteiger partial charge in [0.2, 0.25) is 10.0 Å². The van der Waals surface area contributed by atoms with Crippen LogP contribution < -0.4 is 4.90 Å². The van der Waals surface area contributed by atoms with Gasteiger partial charge >= 0.3 is 0 Å². The summed E-state index contributed by atoms with van der Waals surface area (Å²) in [4.78, 5) is 0.350. The van der Waals surface area contributed by atoms with Gasteiger partial charge in [0.25, 0.3) is 0 Å². The summed E-state index contributed by atoms with van der Waals surface area (Å²) in [5.74, 6) is -1.76. The highest BCUT2D eigenvalue weighted by Gasteiger charge is 2.33. The number of nitrogens with zero attached hydrogens (tertiary/aromatic N) is 2. The Kier molecular flexibility index (Phi) is 4.56. The Morgan fingerprint density at radius 1 is 1.33 bits per heavy atom. The molecular weight excluding hydrogens is 300 g/mol. The quantitative estimate of drug-likeness (QED) is 0.837. The molecule has 1 fully saturated rings.